The normalized spacial score (nSPS) is 19.3. The molecule has 5 aromatic rings. The SMILES string of the molecule is O=C1NC(=O)N(c2cc3c4c(c2)[C@H](c2ccccc2)CCN4CC[C@@H]3c2ccccc2)C(=O)/C1=C/c1ccc(OCc2ccccc2)c(Cl)c1. The van der Waals surface area contributed by atoms with Crippen LogP contribution in [0.5, 0.6) is 5.75 Å². The Morgan fingerprint density at radius 3 is 1.90 bits per heavy atom. The van der Waals surface area contributed by atoms with Gasteiger partial charge >= 0.3 is 6.03 Å². The highest BCUT2D eigenvalue weighted by atomic mass is 35.5. The Hall–Kier alpha value is -5.66. The molecule has 0 unspecified atom stereocenters. The van der Waals surface area contributed by atoms with E-state index in [2.05, 4.69) is 34.5 Å². The number of ether oxygens (including phenoxy) is 1. The lowest BCUT2D eigenvalue weighted by Gasteiger charge is -2.44. The summed E-state index contributed by atoms with van der Waals surface area (Å²) in [6, 6.07) is 38.7. The van der Waals surface area contributed by atoms with Crippen molar-refractivity contribution < 1.29 is 19.1 Å². The van der Waals surface area contributed by atoms with Gasteiger partial charge in [-0.1, -0.05) is 109 Å². The molecule has 0 radical (unpaired) electrons. The molecule has 1 fully saturated rings. The van der Waals surface area contributed by atoms with E-state index in [1.807, 2.05) is 78.9 Å². The van der Waals surface area contributed by atoms with E-state index in [4.69, 9.17) is 16.3 Å². The van der Waals surface area contributed by atoms with Crippen LogP contribution in [0.25, 0.3) is 6.08 Å². The van der Waals surface area contributed by atoms with Gasteiger partial charge < -0.3 is 9.64 Å². The van der Waals surface area contributed by atoms with E-state index in [0.29, 0.717) is 28.6 Å². The fraction of sp³-hybridized carbons (Fsp3) is 0.167. The van der Waals surface area contributed by atoms with Crippen LogP contribution >= 0.6 is 11.6 Å². The minimum Gasteiger partial charge on any atom is -0.487 e. The van der Waals surface area contributed by atoms with Crippen LogP contribution in [0, 0.1) is 0 Å². The molecule has 0 bridgehead atoms. The molecule has 3 aliphatic rings. The molecule has 2 atom stereocenters. The number of carbonyl (C=O) groups is 3. The minimum atomic E-state index is -0.775. The van der Waals surface area contributed by atoms with Gasteiger partial charge in [0.1, 0.15) is 17.9 Å². The summed E-state index contributed by atoms with van der Waals surface area (Å²) in [6.07, 6.45) is 3.28. The van der Waals surface area contributed by atoms with Gasteiger partial charge in [0.05, 0.1) is 10.7 Å². The second kappa shape index (κ2) is 13.3. The molecule has 0 saturated carbocycles. The van der Waals surface area contributed by atoms with E-state index in [1.165, 1.54) is 22.9 Å². The van der Waals surface area contributed by atoms with Crippen LogP contribution in [0.2, 0.25) is 5.02 Å². The zero-order valence-electron chi connectivity index (χ0n) is 27.2. The van der Waals surface area contributed by atoms with Crippen LogP contribution < -0.4 is 19.9 Å². The highest BCUT2D eigenvalue weighted by Crippen LogP contribution is 2.50. The number of hydrogen-bond acceptors (Lipinski definition) is 5. The number of rotatable bonds is 7. The molecule has 7 nitrogen and oxygen atoms in total. The Kier molecular flexibility index (Phi) is 8.43. The predicted octanol–water partition coefficient (Wildman–Crippen LogP) is 8.46. The number of barbiturate groups is 1. The molecule has 3 heterocycles. The Bertz CT molecular complexity index is 2060. The third-order valence-electron chi connectivity index (χ3n) is 9.86. The van der Waals surface area contributed by atoms with Gasteiger partial charge in [-0.3, -0.25) is 14.9 Å². The van der Waals surface area contributed by atoms with Crippen LogP contribution in [0.1, 0.15) is 58.1 Å². The first-order valence-electron chi connectivity index (χ1n) is 16.8. The predicted molar refractivity (Wildman–Crippen MR) is 196 cm³/mol. The van der Waals surface area contributed by atoms with E-state index in [-0.39, 0.29) is 17.4 Å². The van der Waals surface area contributed by atoms with E-state index in [9.17, 15) is 14.4 Å². The number of amides is 4. The molecule has 1 saturated heterocycles. The lowest BCUT2D eigenvalue weighted by Crippen LogP contribution is -2.54. The van der Waals surface area contributed by atoms with Crippen molar-refractivity contribution in [1.82, 2.24) is 5.32 Å². The second-order valence-corrected chi connectivity index (χ2v) is 13.3. The number of hydrogen-bond donors (Lipinski definition) is 1. The molecule has 1 N–H and O–H groups in total. The molecule has 8 heteroatoms. The summed E-state index contributed by atoms with van der Waals surface area (Å²) in [6.45, 7) is 2.18. The molecular formula is C42H34ClN3O4. The van der Waals surface area contributed by atoms with Gasteiger partial charge in [0.15, 0.2) is 0 Å². The molecule has 0 aromatic heterocycles. The molecule has 0 aliphatic carbocycles. The minimum absolute atomic E-state index is 0.0834. The number of nitrogens with one attached hydrogen (secondary N) is 1. The van der Waals surface area contributed by atoms with Gasteiger partial charge in [0, 0.05) is 30.6 Å². The number of anilines is 2. The fourth-order valence-corrected chi connectivity index (χ4v) is 7.73. The molecule has 248 valence electrons. The molecule has 8 rings (SSSR count). The van der Waals surface area contributed by atoms with Gasteiger partial charge in [-0.05, 0) is 76.6 Å². The Balaban J connectivity index is 1.17. The average Bonchev–Trinajstić information content (AvgIpc) is 3.14. The van der Waals surface area contributed by atoms with Crippen molar-refractivity contribution in [3.8, 4) is 5.75 Å². The highest BCUT2D eigenvalue weighted by Gasteiger charge is 2.40. The lowest BCUT2D eigenvalue weighted by molar-refractivity contribution is -0.122. The van der Waals surface area contributed by atoms with Crippen molar-refractivity contribution in [1.29, 1.82) is 0 Å². The van der Waals surface area contributed by atoms with Gasteiger partial charge in [0.25, 0.3) is 11.8 Å². The van der Waals surface area contributed by atoms with Gasteiger partial charge in [0.2, 0.25) is 0 Å². The van der Waals surface area contributed by atoms with Crippen molar-refractivity contribution in [3.05, 3.63) is 165 Å². The third-order valence-corrected chi connectivity index (χ3v) is 10.2. The lowest BCUT2D eigenvalue weighted by atomic mass is 9.76. The van der Waals surface area contributed by atoms with E-state index in [1.54, 1.807) is 18.2 Å². The number of carbonyl (C=O) groups excluding carboxylic acids is 3. The maximum atomic E-state index is 14.2. The van der Waals surface area contributed by atoms with Crippen molar-refractivity contribution in [2.45, 2.75) is 31.3 Å². The number of nitrogens with zero attached hydrogens (tertiary/aromatic N) is 2. The largest absolute Gasteiger partial charge is 0.487 e. The van der Waals surface area contributed by atoms with E-state index < -0.39 is 17.8 Å². The van der Waals surface area contributed by atoms with Gasteiger partial charge in [-0.25, -0.2) is 9.69 Å². The Morgan fingerprint density at radius 2 is 1.32 bits per heavy atom. The summed E-state index contributed by atoms with van der Waals surface area (Å²) in [5.41, 5.74) is 7.51. The molecule has 0 spiro atoms. The van der Waals surface area contributed by atoms with Crippen LogP contribution in [-0.4, -0.2) is 30.9 Å². The fourth-order valence-electron chi connectivity index (χ4n) is 7.49. The van der Waals surface area contributed by atoms with E-state index in [0.717, 1.165) is 47.5 Å². The first-order chi connectivity index (χ1) is 24.4. The Morgan fingerprint density at radius 1 is 0.740 bits per heavy atom. The topological polar surface area (TPSA) is 79.0 Å². The smallest absolute Gasteiger partial charge is 0.335 e. The quantitative estimate of drug-likeness (QED) is 0.138. The number of benzene rings is 5. The highest BCUT2D eigenvalue weighted by molar-refractivity contribution is 6.39. The molecular weight excluding hydrogens is 646 g/mol. The van der Waals surface area contributed by atoms with Crippen molar-refractivity contribution in [2.75, 3.05) is 22.9 Å². The standard InChI is InChI=1S/C42H34ClN3O4/c43-37-23-28(16-17-38(37)50-26-27-10-4-1-5-11-27)22-36-40(47)44-42(49)46(41(36)48)31-24-34-32(29-12-6-2-7-13-29)18-20-45-21-19-33(35(25-31)39(34)45)30-14-8-3-9-15-30/h1-17,22-25,32-33H,18-21,26H2,(H,44,47,49)/b36-22+/t32-,33+. The van der Waals surface area contributed by atoms with Gasteiger partial charge in [-0.2, -0.15) is 0 Å². The van der Waals surface area contributed by atoms with Crippen molar-refractivity contribution in [3.63, 3.8) is 0 Å². The van der Waals surface area contributed by atoms with E-state index >= 15 is 0 Å². The number of urea groups is 1. The van der Waals surface area contributed by atoms with Crippen molar-refractivity contribution >= 4 is 46.9 Å². The first kappa shape index (κ1) is 31.6. The summed E-state index contributed by atoms with van der Waals surface area (Å²) in [4.78, 5) is 44.5. The van der Waals surface area contributed by atoms with Crippen LogP contribution in [0.4, 0.5) is 16.2 Å². The molecule has 3 aliphatic heterocycles. The maximum absolute atomic E-state index is 14.2. The molecule has 5 aromatic carbocycles. The summed E-state index contributed by atoms with van der Waals surface area (Å²) in [7, 11) is 0. The van der Waals surface area contributed by atoms with Crippen LogP contribution in [0.15, 0.2) is 127 Å². The van der Waals surface area contributed by atoms with Crippen LogP contribution in [-0.2, 0) is 16.2 Å². The molecule has 4 amide bonds. The first-order valence-corrected chi connectivity index (χ1v) is 17.2. The van der Waals surface area contributed by atoms with Crippen LogP contribution in [0.3, 0.4) is 0 Å². The molecule has 50 heavy (non-hydrogen) atoms. The third kappa shape index (κ3) is 5.94. The summed E-state index contributed by atoms with van der Waals surface area (Å²) >= 11 is 6.57. The average molecular weight is 680 g/mol. The number of imide groups is 2. The summed E-state index contributed by atoms with van der Waals surface area (Å²) < 4.78 is 5.90. The second-order valence-electron chi connectivity index (χ2n) is 12.9. The zero-order chi connectivity index (χ0) is 34.2. The number of halogens is 1. The zero-order valence-corrected chi connectivity index (χ0v) is 28.0. The maximum Gasteiger partial charge on any atom is 0.335 e. The summed E-state index contributed by atoms with van der Waals surface area (Å²) in [5.74, 6) is -0.805. The van der Waals surface area contributed by atoms with Crippen molar-refractivity contribution in [2.24, 2.45) is 0 Å². The Labute approximate surface area is 295 Å². The van der Waals surface area contributed by atoms with Gasteiger partial charge in [-0.15, -0.1) is 0 Å². The summed E-state index contributed by atoms with van der Waals surface area (Å²) in [5, 5.41) is 2.75. The monoisotopic (exact) mass is 679 g/mol.